The van der Waals surface area contributed by atoms with Crippen molar-refractivity contribution in [2.75, 3.05) is 31.6 Å². The number of nitrogens with one attached hydrogen (secondary N) is 1. The van der Waals surface area contributed by atoms with Crippen LogP contribution in [-0.2, 0) is 16.0 Å². The number of aryl methyl sites for hydroxylation is 1. The first-order chi connectivity index (χ1) is 23.1. The van der Waals surface area contributed by atoms with Gasteiger partial charge >= 0.3 is 6.09 Å². The molecule has 2 saturated carbocycles. The molecule has 11 heteroatoms. The Morgan fingerprint density at radius 1 is 1.02 bits per heavy atom. The molecule has 4 fully saturated rings. The molecule has 0 radical (unpaired) electrons. The summed E-state index contributed by atoms with van der Waals surface area (Å²) < 4.78 is 15.3. The highest BCUT2D eigenvalue weighted by molar-refractivity contribution is 5.95. The van der Waals surface area contributed by atoms with Crippen molar-refractivity contribution in [2.24, 2.45) is 11.8 Å². The normalized spacial score (nSPS) is 23.1. The first kappa shape index (κ1) is 31.2. The van der Waals surface area contributed by atoms with E-state index in [9.17, 15) is 9.59 Å². The highest BCUT2D eigenvalue weighted by atomic mass is 16.6. The number of hydrogen-bond acceptors (Lipinski definition) is 7. The van der Waals surface area contributed by atoms with Gasteiger partial charge in [-0.25, -0.2) is 14.3 Å². The van der Waals surface area contributed by atoms with Crippen molar-refractivity contribution in [2.45, 2.75) is 96.6 Å². The number of ether oxygens (including phenoxy) is 2. The van der Waals surface area contributed by atoms with E-state index < -0.39 is 11.7 Å². The molecule has 11 nitrogen and oxygen atoms in total. The predicted octanol–water partition coefficient (Wildman–Crippen LogP) is 5.81. The average Bonchev–Trinajstić information content (AvgIpc) is 3.43. The maximum absolute atomic E-state index is 13.9. The maximum Gasteiger partial charge on any atom is 0.407 e. The van der Waals surface area contributed by atoms with Crippen LogP contribution < -0.4 is 10.2 Å². The van der Waals surface area contributed by atoms with Crippen LogP contribution in [0.1, 0.15) is 75.2 Å². The summed E-state index contributed by atoms with van der Waals surface area (Å²) in [6.45, 7) is 11.1. The van der Waals surface area contributed by atoms with E-state index in [4.69, 9.17) is 19.6 Å². The summed E-state index contributed by atoms with van der Waals surface area (Å²) in [5.41, 5.74) is 5.09. The molecule has 8 rings (SSSR count). The molecular formula is C37H47N7O4. The summed E-state index contributed by atoms with van der Waals surface area (Å²) >= 11 is 0. The fraction of sp³-hybridized carbons (Fsp3) is 0.568. The Labute approximate surface area is 281 Å². The van der Waals surface area contributed by atoms with Gasteiger partial charge in [-0.05, 0) is 108 Å². The van der Waals surface area contributed by atoms with Crippen LogP contribution in [-0.4, -0.2) is 86.6 Å². The van der Waals surface area contributed by atoms with Crippen molar-refractivity contribution in [3.05, 3.63) is 47.7 Å². The number of amides is 2. The number of hydrogen-bond donors (Lipinski definition) is 1. The van der Waals surface area contributed by atoms with Crippen molar-refractivity contribution in [1.82, 2.24) is 29.4 Å². The van der Waals surface area contributed by atoms with E-state index in [1.807, 2.05) is 48.5 Å². The second-order valence-corrected chi connectivity index (χ2v) is 15.3. The molecule has 6 heterocycles. The fourth-order valence-electron chi connectivity index (χ4n) is 8.15. The number of aromatic nitrogens is 4. The summed E-state index contributed by atoms with van der Waals surface area (Å²) in [4.78, 5) is 36.0. The van der Waals surface area contributed by atoms with Crippen LogP contribution in [0.15, 0.2) is 36.5 Å². The number of carbonyl (C=O) groups excluding carboxylic acids is 2. The highest BCUT2D eigenvalue weighted by Crippen LogP contribution is 2.40. The zero-order chi connectivity index (χ0) is 33.3. The molecular weight excluding hydrogens is 606 g/mol. The molecule has 2 bridgehead atoms. The van der Waals surface area contributed by atoms with Crippen molar-refractivity contribution < 1.29 is 19.1 Å². The van der Waals surface area contributed by atoms with Crippen molar-refractivity contribution in [3.8, 4) is 11.4 Å². The summed E-state index contributed by atoms with van der Waals surface area (Å²) in [5.74, 6) is 1.89. The molecule has 2 unspecified atom stereocenters. The maximum atomic E-state index is 13.9. The molecule has 0 aromatic carbocycles. The van der Waals surface area contributed by atoms with Crippen LogP contribution in [0.5, 0.6) is 0 Å². The Kier molecular flexibility index (Phi) is 7.65. The standard InChI is InChI=1S/C37H47N7O4/c1-22-28-11-9-26(35(45)43-20-25-8-12-29(43)33(25)39-36(46)48-37(2,3)4)21-44(28)40-32(22)30-18-24-10-13-31(41-16-14-27(47-5)15-17-41)38-34(24)42(30)19-23-6-7-23/h9-11,13,18,21,23,25,27,29,33H,6-8,12,14-17,19-20H2,1-5H3,(H,39,46)/t25?,29?,33-/m1/s1. The van der Waals surface area contributed by atoms with Gasteiger partial charge in [-0.15, -0.1) is 0 Å². The molecule has 2 amide bonds. The molecule has 0 spiro atoms. The molecule has 4 aliphatic rings. The summed E-state index contributed by atoms with van der Waals surface area (Å²) in [5, 5.41) is 9.28. The van der Waals surface area contributed by atoms with E-state index >= 15 is 0 Å². The minimum Gasteiger partial charge on any atom is -0.444 e. The number of alkyl carbamates (subject to hydrolysis) is 1. The number of anilines is 1. The lowest BCUT2D eigenvalue weighted by Gasteiger charge is -2.32. The van der Waals surface area contributed by atoms with Crippen LogP contribution in [0.3, 0.4) is 0 Å². The Balaban J connectivity index is 1.07. The van der Waals surface area contributed by atoms with Crippen LogP contribution in [0.4, 0.5) is 10.6 Å². The topological polar surface area (TPSA) is 106 Å². The SMILES string of the molecule is COC1CCN(c2ccc3cc(-c4nn5cc(C(=O)N6CC7CCC6[C@@H]7NC(=O)OC(C)(C)C)ccc5c4C)n(CC4CC4)c3n2)CC1. The molecule has 2 aliphatic heterocycles. The number of carbonyl (C=O) groups is 2. The lowest BCUT2D eigenvalue weighted by atomic mass is 10.1. The van der Waals surface area contributed by atoms with Gasteiger partial charge in [0.2, 0.25) is 0 Å². The first-order valence-corrected chi connectivity index (χ1v) is 17.6. The molecule has 4 aromatic rings. The number of nitrogens with zero attached hydrogens (tertiary/aromatic N) is 6. The van der Waals surface area contributed by atoms with Crippen LogP contribution in [0.2, 0.25) is 0 Å². The second kappa shape index (κ2) is 11.8. The average molecular weight is 654 g/mol. The van der Waals surface area contributed by atoms with Crippen molar-refractivity contribution in [1.29, 1.82) is 0 Å². The monoisotopic (exact) mass is 653 g/mol. The quantitative estimate of drug-likeness (QED) is 0.268. The molecule has 3 atom stereocenters. The van der Waals surface area contributed by atoms with E-state index in [0.717, 1.165) is 84.6 Å². The molecule has 2 saturated heterocycles. The number of pyridine rings is 2. The minimum atomic E-state index is -0.569. The molecule has 48 heavy (non-hydrogen) atoms. The van der Waals surface area contributed by atoms with Gasteiger partial charge < -0.3 is 29.2 Å². The van der Waals surface area contributed by atoms with E-state index in [2.05, 4.69) is 39.9 Å². The van der Waals surface area contributed by atoms with Crippen molar-refractivity contribution >= 4 is 34.4 Å². The number of rotatable bonds is 7. The third-order valence-electron chi connectivity index (χ3n) is 10.9. The number of likely N-dealkylation sites (tertiary alicyclic amines) is 1. The molecule has 1 N–H and O–H groups in total. The largest absolute Gasteiger partial charge is 0.444 e. The van der Waals surface area contributed by atoms with Gasteiger partial charge in [0.25, 0.3) is 5.91 Å². The fourth-order valence-corrected chi connectivity index (χ4v) is 8.15. The highest BCUT2D eigenvalue weighted by Gasteiger charge is 2.50. The predicted molar refractivity (Wildman–Crippen MR) is 184 cm³/mol. The Hall–Kier alpha value is -4.12. The first-order valence-electron chi connectivity index (χ1n) is 17.6. The van der Waals surface area contributed by atoms with Crippen molar-refractivity contribution in [3.63, 3.8) is 0 Å². The van der Waals surface area contributed by atoms with E-state index in [0.29, 0.717) is 24.1 Å². The Morgan fingerprint density at radius 3 is 2.54 bits per heavy atom. The van der Waals surface area contributed by atoms with Gasteiger partial charge in [0.15, 0.2) is 0 Å². The molecule has 254 valence electrons. The van der Waals surface area contributed by atoms with Gasteiger partial charge in [0, 0.05) is 50.4 Å². The van der Waals surface area contributed by atoms with E-state index in [-0.39, 0.29) is 23.9 Å². The minimum absolute atomic E-state index is 0.0242. The second-order valence-electron chi connectivity index (χ2n) is 15.3. The third-order valence-corrected chi connectivity index (χ3v) is 10.9. The number of piperidine rings is 2. The van der Waals surface area contributed by atoms with Crippen LogP contribution >= 0.6 is 0 Å². The summed E-state index contributed by atoms with van der Waals surface area (Å²) in [6, 6.07) is 10.4. The van der Waals surface area contributed by atoms with E-state index in [1.54, 1.807) is 7.11 Å². The van der Waals surface area contributed by atoms with Gasteiger partial charge in [0.05, 0.1) is 35.0 Å². The number of fused-ring (bicyclic) bond motifs is 4. The molecule has 4 aromatic heterocycles. The van der Waals surface area contributed by atoms with Crippen LogP contribution in [0, 0.1) is 18.8 Å². The lowest BCUT2D eigenvalue weighted by molar-refractivity contribution is 0.0485. The van der Waals surface area contributed by atoms with Gasteiger partial charge in [-0.1, -0.05) is 0 Å². The van der Waals surface area contributed by atoms with Crippen LogP contribution in [0.25, 0.3) is 27.9 Å². The van der Waals surface area contributed by atoms with Gasteiger partial charge in [-0.3, -0.25) is 4.79 Å². The summed E-state index contributed by atoms with van der Waals surface area (Å²) in [7, 11) is 1.80. The van der Waals surface area contributed by atoms with E-state index in [1.165, 1.54) is 12.8 Å². The Bertz CT molecular complexity index is 1880. The summed E-state index contributed by atoms with van der Waals surface area (Å²) in [6.07, 6.45) is 8.14. The smallest absolute Gasteiger partial charge is 0.407 e. The third kappa shape index (κ3) is 5.69. The lowest BCUT2D eigenvalue weighted by Crippen LogP contribution is -2.46. The molecule has 2 aliphatic carbocycles. The van der Waals surface area contributed by atoms with Gasteiger partial charge in [0.1, 0.15) is 22.8 Å². The van der Waals surface area contributed by atoms with Gasteiger partial charge in [-0.2, -0.15) is 5.10 Å². The number of methoxy groups -OCH3 is 1. The zero-order valence-electron chi connectivity index (χ0n) is 28.7. The Morgan fingerprint density at radius 2 is 1.81 bits per heavy atom. The zero-order valence-corrected chi connectivity index (χ0v) is 28.7.